The van der Waals surface area contributed by atoms with Gasteiger partial charge in [-0.3, -0.25) is 0 Å². The quantitative estimate of drug-likeness (QED) is 0.910. The number of nitrogens with one attached hydrogen (secondary N) is 1. The summed E-state index contributed by atoms with van der Waals surface area (Å²) in [4.78, 5) is 6.11. The summed E-state index contributed by atoms with van der Waals surface area (Å²) in [5.41, 5.74) is 5.21. The highest BCUT2D eigenvalue weighted by molar-refractivity contribution is 7.11. The fourth-order valence-corrected chi connectivity index (χ4v) is 3.55. The van der Waals surface area contributed by atoms with Gasteiger partial charge in [0.15, 0.2) is 0 Å². The molecule has 20 heavy (non-hydrogen) atoms. The van der Waals surface area contributed by atoms with Gasteiger partial charge >= 0.3 is 0 Å². The van der Waals surface area contributed by atoms with Crippen molar-refractivity contribution in [2.75, 3.05) is 0 Å². The second-order valence-corrected chi connectivity index (χ2v) is 7.16. The first-order valence-electron chi connectivity index (χ1n) is 7.31. The molecular formula is C17H22N2S. The van der Waals surface area contributed by atoms with Crippen LogP contribution in [0.4, 0.5) is 0 Å². The van der Waals surface area contributed by atoms with Gasteiger partial charge in [0, 0.05) is 10.9 Å². The lowest BCUT2D eigenvalue weighted by molar-refractivity contribution is 0.595. The van der Waals surface area contributed by atoms with Crippen LogP contribution in [0.2, 0.25) is 0 Å². The largest absolute Gasteiger partial charge is 0.301 e. The molecule has 0 aliphatic heterocycles. The third kappa shape index (κ3) is 2.79. The fraction of sp³-hybridized carbons (Fsp3) is 0.471. The van der Waals surface area contributed by atoms with Gasteiger partial charge in [0.2, 0.25) is 0 Å². The van der Waals surface area contributed by atoms with Crippen molar-refractivity contribution in [3.05, 3.63) is 50.5 Å². The van der Waals surface area contributed by atoms with Gasteiger partial charge in [-0.1, -0.05) is 23.8 Å². The molecule has 2 nitrogen and oxygen atoms in total. The first-order valence-corrected chi connectivity index (χ1v) is 8.13. The van der Waals surface area contributed by atoms with Gasteiger partial charge in [-0.25, -0.2) is 4.98 Å². The van der Waals surface area contributed by atoms with E-state index in [1.54, 1.807) is 0 Å². The maximum atomic E-state index is 4.79. The summed E-state index contributed by atoms with van der Waals surface area (Å²) in [6.45, 7) is 8.62. The van der Waals surface area contributed by atoms with E-state index in [1.807, 2.05) is 11.3 Å². The molecule has 1 heterocycles. The molecule has 1 atom stereocenters. The Morgan fingerprint density at radius 1 is 1.20 bits per heavy atom. The third-order valence-electron chi connectivity index (χ3n) is 4.01. The van der Waals surface area contributed by atoms with Gasteiger partial charge < -0.3 is 5.32 Å². The van der Waals surface area contributed by atoms with Crippen LogP contribution in [0.1, 0.15) is 51.2 Å². The van der Waals surface area contributed by atoms with Crippen molar-refractivity contribution in [1.82, 2.24) is 10.3 Å². The molecule has 1 aromatic carbocycles. The molecule has 0 bridgehead atoms. The molecule has 2 aromatic rings. The number of thiazole rings is 1. The van der Waals surface area contributed by atoms with Crippen molar-refractivity contribution in [3.8, 4) is 0 Å². The van der Waals surface area contributed by atoms with Crippen LogP contribution in [0.5, 0.6) is 0 Å². The second kappa shape index (κ2) is 5.30. The molecule has 1 aliphatic carbocycles. The normalized spacial score (nSPS) is 16.4. The molecule has 1 aliphatic rings. The van der Waals surface area contributed by atoms with Crippen LogP contribution in [0.25, 0.3) is 0 Å². The smallest absolute Gasteiger partial charge is 0.115 e. The van der Waals surface area contributed by atoms with Crippen molar-refractivity contribution < 1.29 is 0 Å². The molecule has 3 heteroatoms. The Kier molecular flexibility index (Phi) is 3.65. The van der Waals surface area contributed by atoms with E-state index in [9.17, 15) is 0 Å². The Morgan fingerprint density at radius 2 is 1.95 bits per heavy atom. The number of benzene rings is 1. The predicted octanol–water partition coefficient (Wildman–Crippen LogP) is 4.22. The Morgan fingerprint density at radius 3 is 2.50 bits per heavy atom. The molecule has 0 radical (unpaired) electrons. The lowest BCUT2D eigenvalue weighted by Gasteiger charge is -2.19. The van der Waals surface area contributed by atoms with Gasteiger partial charge in [-0.05, 0) is 51.7 Å². The van der Waals surface area contributed by atoms with Gasteiger partial charge in [0.25, 0.3) is 0 Å². The molecular weight excluding hydrogens is 264 g/mol. The van der Waals surface area contributed by atoms with Gasteiger partial charge in [-0.2, -0.15) is 0 Å². The van der Waals surface area contributed by atoms with Crippen molar-refractivity contribution in [2.24, 2.45) is 0 Å². The van der Waals surface area contributed by atoms with Crippen molar-refractivity contribution in [1.29, 1.82) is 0 Å². The standard InChI is InChI=1S/C17H22N2S/c1-10-5-8-15(11(2)9-10)16(19-14-6-7-14)17-18-12(3)13(4)20-17/h5,8-9,14,16,19H,6-7H2,1-4H3. The number of hydrogen-bond donors (Lipinski definition) is 1. The Balaban J connectivity index is 2.00. The summed E-state index contributed by atoms with van der Waals surface area (Å²) < 4.78 is 0. The number of hydrogen-bond acceptors (Lipinski definition) is 3. The van der Waals surface area contributed by atoms with E-state index in [1.165, 1.54) is 39.4 Å². The molecule has 106 valence electrons. The first kappa shape index (κ1) is 13.8. The van der Waals surface area contributed by atoms with Crippen LogP contribution >= 0.6 is 11.3 Å². The molecule has 1 saturated carbocycles. The van der Waals surface area contributed by atoms with E-state index in [2.05, 4.69) is 51.2 Å². The Hall–Kier alpha value is -1.19. The molecule has 1 fully saturated rings. The minimum atomic E-state index is 0.250. The topological polar surface area (TPSA) is 24.9 Å². The van der Waals surface area contributed by atoms with Gasteiger partial charge in [0.1, 0.15) is 5.01 Å². The fourth-order valence-electron chi connectivity index (χ4n) is 2.55. The maximum Gasteiger partial charge on any atom is 0.115 e. The van der Waals surface area contributed by atoms with E-state index >= 15 is 0 Å². The van der Waals surface area contributed by atoms with Crippen molar-refractivity contribution >= 4 is 11.3 Å². The average molecular weight is 286 g/mol. The number of aryl methyl sites for hydroxylation is 4. The van der Waals surface area contributed by atoms with E-state index in [4.69, 9.17) is 4.98 Å². The molecule has 0 amide bonds. The Labute approximate surface area is 125 Å². The van der Waals surface area contributed by atoms with Crippen LogP contribution in [0.15, 0.2) is 18.2 Å². The molecule has 1 unspecified atom stereocenters. The SMILES string of the molecule is Cc1ccc(C(NC2CC2)c2nc(C)c(C)s2)c(C)c1. The highest BCUT2D eigenvalue weighted by atomic mass is 32.1. The summed E-state index contributed by atoms with van der Waals surface area (Å²) in [7, 11) is 0. The van der Waals surface area contributed by atoms with E-state index in [0.717, 1.165) is 5.69 Å². The predicted molar refractivity (Wildman–Crippen MR) is 85.5 cm³/mol. The molecule has 0 spiro atoms. The zero-order valence-electron chi connectivity index (χ0n) is 12.7. The summed E-state index contributed by atoms with van der Waals surface area (Å²) >= 11 is 1.83. The van der Waals surface area contributed by atoms with Gasteiger partial charge in [-0.15, -0.1) is 11.3 Å². The molecule has 0 saturated heterocycles. The minimum absolute atomic E-state index is 0.250. The molecule has 1 N–H and O–H groups in total. The van der Waals surface area contributed by atoms with Crippen LogP contribution in [-0.2, 0) is 0 Å². The van der Waals surface area contributed by atoms with Crippen LogP contribution in [0.3, 0.4) is 0 Å². The Bertz CT molecular complexity index is 606. The monoisotopic (exact) mass is 286 g/mol. The zero-order valence-corrected chi connectivity index (χ0v) is 13.5. The number of rotatable bonds is 4. The summed E-state index contributed by atoms with van der Waals surface area (Å²) in [6, 6.07) is 7.66. The third-order valence-corrected chi connectivity index (χ3v) is 5.15. The lowest BCUT2D eigenvalue weighted by Crippen LogP contribution is -2.25. The van der Waals surface area contributed by atoms with Crippen LogP contribution < -0.4 is 5.32 Å². The van der Waals surface area contributed by atoms with Crippen LogP contribution in [0, 0.1) is 27.7 Å². The van der Waals surface area contributed by atoms with Crippen LogP contribution in [-0.4, -0.2) is 11.0 Å². The lowest BCUT2D eigenvalue weighted by atomic mass is 9.99. The van der Waals surface area contributed by atoms with Crippen molar-refractivity contribution in [3.63, 3.8) is 0 Å². The summed E-state index contributed by atoms with van der Waals surface area (Å²) in [6.07, 6.45) is 2.59. The van der Waals surface area contributed by atoms with E-state index < -0.39 is 0 Å². The first-order chi connectivity index (χ1) is 9.54. The number of nitrogens with zero attached hydrogens (tertiary/aromatic N) is 1. The molecule has 1 aromatic heterocycles. The summed E-state index contributed by atoms with van der Waals surface area (Å²) in [5, 5.41) is 4.98. The average Bonchev–Trinajstić information content (AvgIpc) is 3.14. The summed E-state index contributed by atoms with van der Waals surface area (Å²) in [5.74, 6) is 0. The number of aromatic nitrogens is 1. The van der Waals surface area contributed by atoms with E-state index in [-0.39, 0.29) is 6.04 Å². The highest BCUT2D eigenvalue weighted by Gasteiger charge is 2.28. The highest BCUT2D eigenvalue weighted by Crippen LogP contribution is 2.33. The van der Waals surface area contributed by atoms with Crippen molar-refractivity contribution in [2.45, 2.75) is 52.6 Å². The molecule has 3 rings (SSSR count). The maximum absolute atomic E-state index is 4.79. The second-order valence-electron chi connectivity index (χ2n) is 5.93. The zero-order chi connectivity index (χ0) is 14.3. The van der Waals surface area contributed by atoms with E-state index in [0.29, 0.717) is 6.04 Å². The minimum Gasteiger partial charge on any atom is -0.301 e. The van der Waals surface area contributed by atoms with Gasteiger partial charge in [0.05, 0.1) is 11.7 Å².